The van der Waals surface area contributed by atoms with E-state index in [1.165, 1.54) is 11.0 Å². The number of carbonyl (C=O) groups excluding carboxylic acids is 5. The van der Waals surface area contributed by atoms with Crippen molar-refractivity contribution in [3.05, 3.63) is 52.6 Å². The number of ketones is 4. The van der Waals surface area contributed by atoms with Gasteiger partial charge < -0.3 is 25.4 Å². The molecule has 11 nitrogen and oxygen atoms in total. The summed E-state index contributed by atoms with van der Waals surface area (Å²) in [7, 11) is 6.21. The van der Waals surface area contributed by atoms with Crippen molar-refractivity contribution in [3.8, 4) is 17.2 Å². The Morgan fingerprint density at radius 2 is 1.71 bits per heavy atom. The van der Waals surface area contributed by atoms with Crippen molar-refractivity contribution < 1.29 is 43.7 Å². The standard InChI is InChI=1S/C31H34N2O9/c1-33(2)25-18-13-16-12-17-15(7-5-14-6-10-20(41-3)21(11-14)42-4)8-9-19(34)23(17)26(35)22(16)28(37)31(18,40)29(38)24(27(25)36)30(32)39/h6,8-11,16,18,22,24-25,34,40H,5,7,12-13H2,1-4H3,(H2,32,39)/t16-,18-,22?,24?,25-,31-/m1/s1. The maximum Gasteiger partial charge on any atom is 0.235 e. The van der Waals surface area contributed by atoms with E-state index in [1.807, 2.05) is 12.1 Å². The number of hydrogen-bond acceptors (Lipinski definition) is 10. The summed E-state index contributed by atoms with van der Waals surface area (Å²) in [6, 6.07) is 7.60. The molecule has 2 fully saturated rings. The van der Waals surface area contributed by atoms with E-state index in [4.69, 9.17) is 15.2 Å². The van der Waals surface area contributed by atoms with Gasteiger partial charge in [-0.3, -0.25) is 28.9 Å². The molecule has 0 saturated heterocycles. The summed E-state index contributed by atoms with van der Waals surface area (Å²) in [5.41, 5.74) is 4.99. The maximum absolute atomic E-state index is 13.9. The van der Waals surface area contributed by atoms with Crippen LogP contribution in [0.1, 0.15) is 33.5 Å². The molecule has 0 radical (unpaired) electrons. The van der Waals surface area contributed by atoms with E-state index in [9.17, 15) is 34.2 Å². The van der Waals surface area contributed by atoms with Crippen molar-refractivity contribution in [2.45, 2.75) is 37.3 Å². The number of phenolic OH excluding ortho intramolecular Hbond substituents is 1. The van der Waals surface area contributed by atoms with Gasteiger partial charge in [-0.05, 0) is 80.6 Å². The van der Waals surface area contributed by atoms with Crippen LogP contribution >= 0.6 is 0 Å². The van der Waals surface area contributed by atoms with Gasteiger partial charge in [0, 0.05) is 5.92 Å². The Labute approximate surface area is 242 Å². The Morgan fingerprint density at radius 1 is 1.02 bits per heavy atom. The van der Waals surface area contributed by atoms with E-state index >= 15 is 0 Å². The average molecular weight is 579 g/mol. The lowest BCUT2D eigenvalue weighted by molar-refractivity contribution is -0.181. The molecule has 1 amide bonds. The first-order chi connectivity index (χ1) is 19.9. The molecule has 0 aliphatic heterocycles. The van der Waals surface area contributed by atoms with Crippen LogP contribution in [-0.2, 0) is 38.4 Å². The summed E-state index contributed by atoms with van der Waals surface area (Å²) in [6.45, 7) is 0. The molecule has 0 aromatic heterocycles. The molecule has 2 aromatic carbocycles. The van der Waals surface area contributed by atoms with Crippen molar-refractivity contribution in [3.63, 3.8) is 0 Å². The smallest absolute Gasteiger partial charge is 0.235 e. The first kappa shape index (κ1) is 29.4. The van der Waals surface area contributed by atoms with Gasteiger partial charge in [0.25, 0.3) is 0 Å². The molecule has 11 heteroatoms. The molecule has 6 atom stereocenters. The normalized spacial score (nSPS) is 28.7. The molecule has 4 N–H and O–H groups in total. The van der Waals surface area contributed by atoms with Gasteiger partial charge in [0.15, 0.2) is 46.2 Å². The largest absolute Gasteiger partial charge is 0.507 e. The average Bonchev–Trinajstić information content (AvgIpc) is 2.94. The third kappa shape index (κ3) is 4.30. The van der Waals surface area contributed by atoms with Gasteiger partial charge in [-0.25, -0.2) is 0 Å². The number of ether oxygens (including phenoxy) is 2. The Kier molecular flexibility index (Phi) is 7.44. The Hall–Kier alpha value is -4.09. The zero-order valence-corrected chi connectivity index (χ0v) is 23.9. The number of nitrogens with zero attached hydrogens (tertiary/aromatic N) is 1. The number of Topliss-reactive ketones (excluding diaryl/α,β-unsaturated/α-hetero) is 4. The predicted molar refractivity (Wildman–Crippen MR) is 148 cm³/mol. The third-order valence-corrected chi connectivity index (χ3v) is 9.17. The molecule has 3 aliphatic rings. The number of aryl methyl sites for hydroxylation is 2. The lowest BCUT2D eigenvalue weighted by Crippen LogP contribution is -2.74. The summed E-state index contributed by atoms with van der Waals surface area (Å²) in [4.78, 5) is 68.0. The summed E-state index contributed by atoms with van der Waals surface area (Å²) < 4.78 is 10.7. The van der Waals surface area contributed by atoms with Gasteiger partial charge in [0.05, 0.1) is 31.7 Å². The maximum atomic E-state index is 13.9. The van der Waals surface area contributed by atoms with Crippen LogP contribution in [0, 0.1) is 23.7 Å². The van der Waals surface area contributed by atoms with Gasteiger partial charge in [-0.2, -0.15) is 0 Å². The van der Waals surface area contributed by atoms with Crippen molar-refractivity contribution in [2.24, 2.45) is 29.4 Å². The molecule has 42 heavy (non-hydrogen) atoms. The highest BCUT2D eigenvalue weighted by atomic mass is 16.5. The Bertz CT molecular complexity index is 1520. The number of aliphatic hydroxyl groups is 1. The Morgan fingerprint density at radius 3 is 2.33 bits per heavy atom. The highest BCUT2D eigenvalue weighted by molar-refractivity contribution is 6.32. The van der Waals surface area contributed by atoms with Crippen LogP contribution in [0.3, 0.4) is 0 Å². The molecule has 0 spiro atoms. The van der Waals surface area contributed by atoms with Crippen molar-refractivity contribution in [2.75, 3.05) is 28.3 Å². The SMILES string of the molecule is COc1ccc(CCc2ccc(O)c3c2C[C@@H]2C[C@@H]4[C@@H](N(C)C)C(=O)C(C(N)=O)C(=O)[C@]4(O)C(=O)C2C3=O)cc1OC. The van der Waals surface area contributed by atoms with Crippen LogP contribution in [0.15, 0.2) is 30.3 Å². The third-order valence-electron chi connectivity index (χ3n) is 9.17. The fraction of sp³-hybridized carbons (Fsp3) is 0.452. The first-order valence-electron chi connectivity index (χ1n) is 13.8. The number of hydrogen-bond donors (Lipinski definition) is 3. The number of aromatic hydroxyl groups is 1. The van der Waals surface area contributed by atoms with Crippen LogP contribution in [-0.4, -0.2) is 84.1 Å². The molecule has 222 valence electrons. The van der Waals surface area contributed by atoms with E-state index in [2.05, 4.69) is 0 Å². The number of amides is 1. The Balaban J connectivity index is 1.52. The minimum atomic E-state index is -2.74. The van der Waals surface area contributed by atoms with Crippen LogP contribution in [0.2, 0.25) is 0 Å². The second-order valence-electron chi connectivity index (χ2n) is 11.6. The molecule has 0 heterocycles. The highest BCUT2D eigenvalue weighted by Crippen LogP contribution is 2.51. The summed E-state index contributed by atoms with van der Waals surface area (Å²) in [5, 5.41) is 22.4. The monoisotopic (exact) mass is 578 g/mol. The molecular weight excluding hydrogens is 544 g/mol. The fourth-order valence-electron chi connectivity index (χ4n) is 7.22. The fourth-order valence-corrected chi connectivity index (χ4v) is 7.22. The van der Waals surface area contributed by atoms with Crippen molar-refractivity contribution in [1.29, 1.82) is 0 Å². The van der Waals surface area contributed by atoms with Gasteiger partial charge in [0.2, 0.25) is 5.91 Å². The lowest BCUT2D eigenvalue weighted by Gasteiger charge is -2.52. The minimum absolute atomic E-state index is 0.00796. The van der Waals surface area contributed by atoms with E-state index < -0.39 is 64.4 Å². The first-order valence-corrected chi connectivity index (χ1v) is 13.8. The number of carbonyl (C=O) groups is 5. The zero-order chi connectivity index (χ0) is 30.7. The van der Waals surface area contributed by atoms with E-state index in [0.717, 1.165) is 11.1 Å². The second kappa shape index (κ2) is 10.6. The topological polar surface area (TPSA) is 174 Å². The van der Waals surface area contributed by atoms with Crippen LogP contribution in [0.25, 0.3) is 0 Å². The molecule has 5 rings (SSSR count). The number of rotatable bonds is 7. The quantitative estimate of drug-likeness (QED) is 0.396. The van der Waals surface area contributed by atoms with Crippen LogP contribution in [0.4, 0.5) is 0 Å². The highest BCUT2D eigenvalue weighted by Gasteiger charge is 2.69. The number of primary amides is 1. The summed E-state index contributed by atoms with van der Waals surface area (Å²) >= 11 is 0. The number of phenols is 1. The molecule has 2 saturated carbocycles. The van der Waals surface area contributed by atoms with Crippen LogP contribution in [0.5, 0.6) is 17.2 Å². The van der Waals surface area contributed by atoms with Gasteiger partial charge in [-0.1, -0.05) is 12.1 Å². The second-order valence-corrected chi connectivity index (χ2v) is 11.6. The van der Waals surface area contributed by atoms with E-state index in [0.29, 0.717) is 29.9 Å². The molecule has 2 unspecified atom stereocenters. The summed E-state index contributed by atoms with van der Waals surface area (Å²) in [5.74, 6) is -9.37. The molecule has 0 bridgehead atoms. The zero-order valence-electron chi connectivity index (χ0n) is 23.9. The molecule has 2 aromatic rings. The number of methoxy groups -OCH3 is 2. The van der Waals surface area contributed by atoms with Crippen molar-refractivity contribution >= 4 is 29.0 Å². The minimum Gasteiger partial charge on any atom is -0.507 e. The van der Waals surface area contributed by atoms with E-state index in [1.54, 1.807) is 40.4 Å². The van der Waals surface area contributed by atoms with E-state index in [-0.39, 0.29) is 24.2 Å². The number of fused-ring (bicyclic) bond motifs is 3. The summed E-state index contributed by atoms with van der Waals surface area (Å²) in [6.07, 6.45) is 1.33. The molecule has 3 aliphatic carbocycles. The predicted octanol–water partition coefficient (Wildman–Crippen LogP) is 0.669. The molecular formula is C31H34N2O9. The van der Waals surface area contributed by atoms with Gasteiger partial charge in [-0.15, -0.1) is 0 Å². The van der Waals surface area contributed by atoms with Crippen molar-refractivity contribution in [1.82, 2.24) is 4.90 Å². The van der Waals surface area contributed by atoms with Gasteiger partial charge in [0.1, 0.15) is 5.75 Å². The van der Waals surface area contributed by atoms with Crippen LogP contribution < -0.4 is 15.2 Å². The number of likely N-dealkylation sites (N-methyl/N-ethyl adjacent to an activating group) is 1. The number of nitrogens with two attached hydrogens (primary N) is 1. The van der Waals surface area contributed by atoms with Gasteiger partial charge >= 0.3 is 0 Å². The lowest BCUT2D eigenvalue weighted by atomic mass is 9.52. The number of benzene rings is 2.